The van der Waals surface area contributed by atoms with Crippen molar-refractivity contribution in [1.29, 1.82) is 0 Å². The Hall–Kier alpha value is -1.78. The molecule has 5 nitrogen and oxygen atoms in total. The molecule has 16 heavy (non-hydrogen) atoms. The summed E-state index contributed by atoms with van der Waals surface area (Å²) in [6, 6.07) is 3.55. The predicted molar refractivity (Wildman–Crippen MR) is 57.0 cm³/mol. The van der Waals surface area contributed by atoms with Crippen LogP contribution in [0, 0.1) is 6.92 Å². The SMILES string of the molecule is Cc1ccc(CC(=O)NCCCC(=O)O)o1. The molecule has 0 saturated carbocycles. The molecule has 0 unspecified atom stereocenters. The van der Waals surface area contributed by atoms with E-state index in [-0.39, 0.29) is 18.7 Å². The van der Waals surface area contributed by atoms with Crippen molar-refractivity contribution in [3.8, 4) is 0 Å². The number of hydrogen-bond donors (Lipinski definition) is 2. The van der Waals surface area contributed by atoms with Gasteiger partial charge in [0.15, 0.2) is 0 Å². The molecule has 0 fully saturated rings. The summed E-state index contributed by atoms with van der Waals surface area (Å²) in [5.74, 6) is 0.387. The van der Waals surface area contributed by atoms with Gasteiger partial charge in [0.1, 0.15) is 11.5 Å². The number of hydrogen-bond acceptors (Lipinski definition) is 3. The third-order valence-corrected chi connectivity index (χ3v) is 2.02. The molecule has 2 N–H and O–H groups in total. The summed E-state index contributed by atoms with van der Waals surface area (Å²) in [5, 5.41) is 11.0. The van der Waals surface area contributed by atoms with Crippen LogP contribution in [-0.4, -0.2) is 23.5 Å². The Morgan fingerprint density at radius 3 is 2.75 bits per heavy atom. The van der Waals surface area contributed by atoms with Crippen LogP contribution < -0.4 is 5.32 Å². The summed E-state index contributed by atoms with van der Waals surface area (Å²) in [6.07, 6.45) is 0.708. The topological polar surface area (TPSA) is 79.5 Å². The first-order valence-electron chi connectivity index (χ1n) is 5.12. The highest BCUT2D eigenvalue weighted by Gasteiger charge is 2.06. The maximum absolute atomic E-state index is 11.3. The molecule has 0 atom stereocenters. The van der Waals surface area contributed by atoms with Gasteiger partial charge in [0.05, 0.1) is 6.42 Å². The number of furan rings is 1. The lowest BCUT2D eigenvalue weighted by Gasteiger charge is -2.02. The summed E-state index contributed by atoms with van der Waals surface area (Å²) in [4.78, 5) is 21.6. The van der Waals surface area contributed by atoms with Gasteiger partial charge in [0.2, 0.25) is 5.91 Å². The maximum Gasteiger partial charge on any atom is 0.303 e. The third-order valence-electron chi connectivity index (χ3n) is 2.02. The maximum atomic E-state index is 11.3. The second-order valence-electron chi connectivity index (χ2n) is 3.54. The molecule has 1 aromatic rings. The lowest BCUT2D eigenvalue weighted by Crippen LogP contribution is -2.26. The van der Waals surface area contributed by atoms with E-state index in [1.807, 2.05) is 6.92 Å². The van der Waals surface area contributed by atoms with E-state index < -0.39 is 5.97 Å². The zero-order valence-corrected chi connectivity index (χ0v) is 9.16. The van der Waals surface area contributed by atoms with Crippen LogP contribution in [0.15, 0.2) is 16.5 Å². The fourth-order valence-corrected chi connectivity index (χ4v) is 1.27. The summed E-state index contributed by atoms with van der Waals surface area (Å²) >= 11 is 0. The Balaban J connectivity index is 2.18. The van der Waals surface area contributed by atoms with Crippen LogP contribution in [0.1, 0.15) is 24.4 Å². The van der Waals surface area contributed by atoms with Gasteiger partial charge in [-0.3, -0.25) is 9.59 Å². The van der Waals surface area contributed by atoms with E-state index in [4.69, 9.17) is 9.52 Å². The van der Waals surface area contributed by atoms with Crippen LogP contribution in [0.3, 0.4) is 0 Å². The largest absolute Gasteiger partial charge is 0.481 e. The monoisotopic (exact) mass is 225 g/mol. The summed E-state index contributed by atoms with van der Waals surface area (Å²) < 4.78 is 5.24. The van der Waals surface area contributed by atoms with Crippen LogP contribution in [-0.2, 0) is 16.0 Å². The quantitative estimate of drug-likeness (QED) is 0.711. The molecule has 0 saturated heterocycles. The summed E-state index contributed by atoms with van der Waals surface area (Å²) in [7, 11) is 0. The van der Waals surface area contributed by atoms with Crippen LogP contribution in [0.25, 0.3) is 0 Å². The fraction of sp³-hybridized carbons (Fsp3) is 0.455. The van der Waals surface area contributed by atoms with Crippen molar-refractivity contribution in [3.05, 3.63) is 23.7 Å². The fourth-order valence-electron chi connectivity index (χ4n) is 1.27. The van der Waals surface area contributed by atoms with E-state index in [0.717, 1.165) is 5.76 Å². The Morgan fingerprint density at radius 2 is 2.19 bits per heavy atom. The van der Waals surface area contributed by atoms with E-state index in [9.17, 15) is 9.59 Å². The molecule has 1 aromatic heterocycles. The number of carboxylic acids is 1. The number of nitrogens with one attached hydrogen (secondary N) is 1. The van der Waals surface area contributed by atoms with Gasteiger partial charge < -0.3 is 14.8 Å². The molecule has 0 aromatic carbocycles. The van der Waals surface area contributed by atoms with Crippen LogP contribution in [0.4, 0.5) is 0 Å². The Labute approximate surface area is 93.4 Å². The number of rotatable bonds is 6. The van der Waals surface area contributed by atoms with E-state index in [0.29, 0.717) is 18.7 Å². The third kappa shape index (κ3) is 4.63. The lowest BCUT2D eigenvalue weighted by molar-refractivity contribution is -0.137. The normalized spacial score (nSPS) is 10.1. The van der Waals surface area contributed by atoms with Crippen molar-refractivity contribution < 1.29 is 19.1 Å². The van der Waals surface area contributed by atoms with Gasteiger partial charge in [-0.15, -0.1) is 0 Å². The van der Waals surface area contributed by atoms with Crippen molar-refractivity contribution in [1.82, 2.24) is 5.32 Å². The van der Waals surface area contributed by atoms with Gasteiger partial charge in [-0.2, -0.15) is 0 Å². The van der Waals surface area contributed by atoms with Gasteiger partial charge in [0.25, 0.3) is 0 Å². The minimum atomic E-state index is -0.851. The highest BCUT2D eigenvalue weighted by molar-refractivity contribution is 5.77. The molecule has 0 radical (unpaired) electrons. The molecule has 0 bridgehead atoms. The van der Waals surface area contributed by atoms with Gasteiger partial charge in [0, 0.05) is 13.0 Å². The van der Waals surface area contributed by atoms with Crippen molar-refractivity contribution in [2.75, 3.05) is 6.54 Å². The van der Waals surface area contributed by atoms with Crippen LogP contribution in [0.2, 0.25) is 0 Å². The molecular weight excluding hydrogens is 210 g/mol. The highest BCUT2D eigenvalue weighted by atomic mass is 16.4. The first-order valence-corrected chi connectivity index (χ1v) is 5.12. The number of aliphatic carboxylic acids is 1. The van der Waals surface area contributed by atoms with Crippen molar-refractivity contribution >= 4 is 11.9 Å². The van der Waals surface area contributed by atoms with Gasteiger partial charge in [-0.05, 0) is 25.5 Å². The zero-order chi connectivity index (χ0) is 12.0. The molecule has 1 rings (SSSR count). The van der Waals surface area contributed by atoms with Crippen LogP contribution >= 0.6 is 0 Å². The average molecular weight is 225 g/mol. The highest BCUT2D eigenvalue weighted by Crippen LogP contribution is 2.06. The number of amides is 1. The van der Waals surface area contributed by atoms with E-state index in [1.54, 1.807) is 12.1 Å². The summed E-state index contributed by atoms with van der Waals surface area (Å²) in [5.41, 5.74) is 0. The van der Waals surface area contributed by atoms with E-state index in [1.165, 1.54) is 0 Å². The Kier molecular flexibility index (Phi) is 4.57. The number of aryl methyl sites for hydroxylation is 1. The van der Waals surface area contributed by atoms with E-state index >= 15 is 0 Å². The predicted octanol–water partition coefficient (Wildman–Crippen LogP) is 1.11. The Morgan fingerprint density at radius 1 is 1.44 bits per heavy atom. The van der Waals surface area contributed by atoms with Crippen LogP contribution in [0.5, 0.6) is 0 Å². The molecule has 0 aliphatic carbocycles. The minimum absolute atomic E-state index is 0.0696. The first kappa shape index (κ1) is 12.3. The second-order valence-corrected chi connectivity index (χ2v) is 3.54. The smallest absolute Gasteiger partial charge is 0.303 e. The standard InChI is InChI=1S/C11H15NO4/c1-8-4-5-9(16-8)7-10(13)12-6-2-3-11(14)15/h4-5H,2-3,6-7H2,1H3,(H,12,13)(H,14,15). The zero-order valence-electron chi connectivity index (χ0n) is 9.16. The van der Waals surface area contributed by atoms with Crippen molar-refractivity contribution in [3.63, 3.8) is 0 Å². The summed E-state index contributed by atoms with van der Waals surface area (Å²) in [6.45, 7) is 2.19. The first-order chi connectivity index (χ1) is 7.58. The molecule has 0 spiro atoms. The molecule has 1 heterocycles. The number of carbonyl (C=O) groups is 2. The Bertz CT molecular complexity index is 370. The molecule has 0 aliphatic heterocycles. The van der Waals surface area contributed by atoms with Crippen molar-refractivity contribution in [2.24, 2.45) is 0 Å². The van der Waals surface area contributed by atoms with Gasteiger partial charge in [-0.1, -0.05) is 0 Å². The molecule has 5 heteroatoms. The number of carbonyl (C=O) groups excluding carboxylic acids is 1. The molecule has 1 amide bonds. The molecule has 0 aliphatic rings. The average Bonchev–Trinajstić information content (AvgIpc) is 2.58. The van der Waals surface area contributed by atoms with E-state index in [2.05, 4.69) is 5.32 Å². The van der Waals surface area contributed by atoms with Gasteiger partial charge in [-0.25, -0.2) is 0 Å². The molecular formula is C11H15NO4. The molecule has 88 valence electrons. The number of carboxylic acid groups (broad SMARTS) is 1. The second kappa shape index (κ2) is 5.95. The minimum Gasteiger partial charge on any atom is -0.481 e. The van der Waals surface area contributed by atoms with Gasteiger partial charge >= 0.3 is 5.97 Å². The lowest BCUT2D eigenvalue weighted by atomic mass is 10.3. The van der Waals surface area contributed by atoms with Crippen molar-refractivity contribution in [2.45, 2.75) is 26.2 Å².